The van der Waals surface area contributed by atoms with E-state index in [1.165, 1.54) is 25.0 Å². The minimum absolute atomic E-state index is 0.100. The summed E-state index contributed by atoms with van der Waals surface area (Å²) in [6, 6.07) is 0. The Morgan fingerprint density at radius 3 is 3.00 bits per heavy atom. The molecule has 0 aromatic carbocycles. The number of nitrogens with one attached hydrogen (secondary N) is 1. The number of rotatable bonds is 4. The van der Waals surface area contributed by atoms with E-state index in [1.54, 1.807) is 0 Å². The van der Waals surface area contributed by atoms with Gasteiger partial charge in [0.25, 0.3) is 0 Å². The van der Waals surface area contributed by atoms with Gasteiger partial charge in [-0.3, -0.25) is 0 Å². The van der Waals surface area contributed by atoms with Crippen molar-refractivity contribution >= 4 is 5.71 Å². The molecule has 0 unspecified atom stereocenters. The highest BCUT2D eigenvalue weighted by Gasteiger charge is 2.45. The number of aliphatic hydroxyl groups excluding tert-OH is 1. The second kappa shape index (κ2) is 5.09. The van der Waals surface area contributed by atoms with Crippen LogP contribution in [-0.4, -0.2) is 57.7 Å². The average molecular weight is 258 g/mol. The van der Waals surface area contributed by atoms with Gasteiger partial charge in [-0.1, -0.05) is 0 Å². The van der Waals surface area contributed by atoms with E-state index in [-0.39, 0.29) is 18.1 Å². The van der Waals surface area contributed by atoms with Crippen LogP contribution in [0.5, 0.6) is 0 Å². The molecule has 1 aromatic rings. The summed E-state index contributed by atoms with van der Waals surface area (Å²) in [7, 11) is 1.45. The van der Waals surface area contributed by atoms with Gasteiger partial charge < -0.3 is 20.0 Å². The molecular formula is C10H15FN4O3. The lowest BCUT2D eigenvalue weighted by Gasteiger charge is -2.12. The lowest BCUT2D eigenvalue weighted by Crippen LogP contribution is -2.31. The lowest BCUT2D eigenvalue weighted by molar-refractivity contribution is -0.0599. The summed E-state index contributed by atoms with van der Waals surface area (Å²) >= 11 is 0. The van der Waals surface area contributed by atoms with Gasteiger partial charge >= 0.3 is 0 Å². The molecule has 2 rings (SSSR count). The lowest BCUT2D eigenvalue weighted by atomic mass is 10.1. The van der Waals surface area contributed by atoms with Crippen molar-refractivity contribution in [2.75, 3.05) is 13.7 Å². The van der Waals surface area contributed by atoms with E-state index in [9.17, 15) is 9.50 Å². The van der Waals surface area contributed by atoms with E-state index in [0.29, 0.717) is 0 Å². The third-order valence-corrected chi connectivity index (χ3v) is 2.73. The molecule has 1 aliphatic rings. The van der Waals surface area contributed by atoms with Gasteiger partial charge in [0.2, 0.25) is 0 Å². The Kier molecular flexibility index (Phi) is 3.69. The van der Waals surface area contributed by atoms with Crippen LogP contribution in [0.4, 0.5) is 4.39 Å². The number of ether oxygens (including phenoxy) is 2. The van der Waals surface area contributed by atoms with Crippen LogP contribution in [-0.2, 0) is 9.47 Å². The van der Waals surface area contributed by atoms with Crippen molar-refractivity contribution < 1.29 is 19.0 Å². The van der Waals surface area contributed by atoms with Crippen LogP contribution in [0.25, 0.3) is 0 Å². The van der Waals surface area contributed by atoms with Gasteiger partial charge in [0, 0.05) is 7.11 Å². The fourth-order valence-corrected chi connectivity index (χ4v) is 1.79. The van der Waals surface area contributed by atoms with Crippen molar-refractivity contribution in [1.82, 2.24) is 14.8 Å². The van der Waals surface area contributed by atoms with Crippen LogP contribution in [0.3, 0.4) is 0 Å². The first kappa shape index (κ1) is 13.1. The number of aliphatic hydroxyl groups is 1. The molecule has 0 aliphatic carbocycles. The van der Waals surface area contributed by atoms with E-state index in [1.807, 2.05) is 0 Å². The van der Waals surface area contributed by atoms with Crippen molar-refractivity contribution in [3.05, 3.63) is 12.2 Å². The first-order valence-electron chi connectivity index (χ1n) is 5.47. The van der Waals surface area contributed by atoms with E-state index in [4.69, 9.17) is 14.9 Å². The smallest absolute Gasteiger partial charge is 0.194 e. The fraction of sp³-hybridized carbons (Fsp3) is 0.700. The molecular weight excluding hydrogens is 243 g/mol. The summed E-state index contributed by atoms with van der Waals surface area (Å²) in [4.78, 5) is 3.86. The third kappa shape index (κ3) is 2.26. The highest BCUT2D eigenvalue weighted by molar-refractivity contribution is 5.92. The number of aromatic nitrogens is 3. The van der Waals surface area contributed by atoms with Crippen LogP contribution in [0.15, 0.2) is 6.33 Å². The van der Waals surface area contributed by atoms with Crippen LogP contribution in [0, 0.1) is 5.41 Å². The van der Waals surface area contributed by atoms with Crippen molar-refractivity contribution in [3.8, 4) is 0 Å². The van der Waals surface area contributed by atoms with Gasteiger partial charge in [-0.05, 0) is 6.92 Å². The third-order valence-electron chi connectivity index (χ3n) is 2.73. The molecule has 18 heavy (non-hydrogen) atoms. The van der Waals surface area contributed by atoms with Crippen molar-refractivity contribution in [3.63, 3.8) is 0 Å². The number of hydrogen-bond acceptors (Lipinski definition) is 6. The maximum absolute atomic E-state index is 13.9. The minimum Gasteiger partial charge on any atom is -0.387 e. The first-order valence-corrected chi connectivity index (χ1v) is 5.47. The fourth-order valence-electron chi connectivity index (χ4n) is 1.79. The molecule has 2 N–H and O–H groups in total. The first-order chi connectivity index (χ1) is 8.54. The Balaban J connectivity index is 2.15. The average Bonchev–Trinajstić information content (AvgIpc) is 2.90. The minimum atomic E-state index is -1.61. The molecule has 0 saturated carbocycles. The van der Waals surface area contributed by atoms with Crippen molar-refractivity contribution in [2.24, 2.45) is 0 Å². The van der Waals surface area contributed by atoms with E-state index >= 15 is 0 Å². The highest BCUT2D eigenvalue weighted by Crippen LogP contribution is 2.31. The largest absolute Gasteiger partial charge is 0.387 e. The van der Waals surface area contributed by atoms with E-state index < -0.39 is 24.6 Å². The summed E-state index contributed by atoms with van der Waals surface area (Å²) in [5.74, 6) is 0.204. The van der Waals surface area contributed by atoms with Gasteiger partial charge in [-0.15, -0.1) is 5.10 Å². The van der Waals surface area contributed by atoms with Crippen molar-refractivity contribution in [2.45, 2.75) is 31.5 Å². The molecule has 1 fully saturated rings. The van der Waals surface area contributed by atoms with Gasteiger partial charge in [-0.25, -0.2) is 14.1 Å². The van der Waals surface area contributed by atoms with Crippen LogP contribution < -0.4 is 0 Å². The van der Waals surface area contributed by atoms with E-state index in [2.05, 4.69) is 10.1 Å². The highest BCUT2D eigenvalue weighted by atomic mass is 19.1. The van der Waals surface area contributed by atoms with Crippen molar-refractivity contribution in [1.29, 1.82) is 5.41 Å². The molecule has 0 spiro atoms. The number of methoxy groups -OCH3 is 1. The van der Waals surface area contributed by atoms with Crippen LogP contribution >= 0.6 is 0 Å². The zero-order valence-corrected chi connectivity index (χ0v) is 10.1. The monoisotopic (exact) mass is 258 g/mol. The quantitative estimate of drug-likeness (QED) is 0.736. The van der Waals surface area contributed by atoms with E-state index in [0.717, 1.165) is 0 Å². The Bertz CT molecular complexity index is 439. The molecule has 1 saturated heterocycles. The summed E-state index contributed by atoms with van der Waals surface area (Å²) in [6.07, 6.45) is -3.36. The number of halogens is 1. The van der Waals surface area contributed by atoms with Crippen LogP contribution in [0.1, 0.15) is 19.0 Å². The molecule has 4 atom stereocenters. The summed E-state index contributed by atoms with van der Waals surface area (Å²) < 4.78 is 25.2. The predicted octanol–water partition coefficient (Wildman–Crippen LogP) is -0.0913. The van der Waals surface area contributed by atoms with Gasteiger partial charge in [0.1, 0.15) is 18.5 Å². The molecule has 7 nitrogen and oxygen atoms in total. The molecule has 100 valence electrons. The van der Waals surface area contributed by atoms with Gasteiger partial charge in [0.05, 0.1) is 12.3 Å². The maximum Gasteiger partial charge on any atom is 0.194 e. The molecule has 8 heteroatoms. The molecule has 1 aromatic heterocycles. The topological polar surface area (TPSA) is 93.3 Å². The van der Waals surface area contributed by atoms with Gasteiger partial charge in [0.15, 0.2) is 18.2 Å². The normalized spacial score (nSPS) is 31.8. The Hall–Kier alpha value is -1.38. The standard InChI is InChI=1S/C10H15FN4O3/c1-5(12)9-13-4-15(14-9)10-7(11)8(16)6(18-10)3-17-2/h4,6-8,10,12,16H,3H2,1-2H3/t6-,7-,8-,10-/m1/s1. The molecule has 0 amide bonds. The molecule has 2 heterocycles. The Morgan fingerprint density at radius 1 is 1.72 bits per heavy atom. The number of nitrogens with zero attached hydrogens (tertiary/aromatic N) is 3. The zero-order valence-electron chi connectivity index (χ0n) is 10.1. The Morgan fingerprint density at radius 2 is 2.44 bits per heavy atom. The van der Waals surface area contributed by atoms with Crippen LogP contribution in [0.2, 0.25) is 0 Å². The number of alkyl halides is 1. The summed E-state index contributed by atoms with van der Waals surface area (Å²) in [5.41, 5.74) is 0.177. The summed E-state index contributed by atoms with van der Waals surface area (Å²) in [6.45, 7) is 1.63. The summed E-state index contributed by atoms with van der Waals surface area (Å²) in [5, 5.41) is 21.0. The maximum atomic E-state index is 13.9. The molecule has 1 aliphatic heterocycles. The number of hydrogen-bond donors (Lipinski definition) is 2. The molecule has 0 bridgehead atoms. The molecule has 0 radical (unpaired) electrons. The second-order valence-corrected chi connectivity index (χ2v) is 4.13. The zero-order chi connectivity index (χ0) is 13.3. The van der Waals surface area contributed by atoms with Gasteiger partial charge in [-0.2, -0.15) is 0 Å². The Labute approximate surface area is 103 Å². The second-order valence-electron chi connectivity index (χ2n) is 4.13. The predicted molar refractivity (Wildman–Crippen MR) is 59.2 cm³/mol. The SMILES string of the molecule is COC[C@H]1O[C@@H](n2cnc(C(C)=N)n2)[C@H](F)[C@@H]1O.